The molecule has 2 aliphatic heterocycles. The molecule has 5 heteroatoms. The zero-order chi connectivity index (χ0) is 19.1. The number of nitrogens with zero attached hydrogens (tertiary/aromatic N) is 4. The van der Waals surface area contributed by atoms with Gasteiger partial charge in [-0.15, -0.1) is 11.8 Å². The molecule has 27 heavy (non-hydrogen) atoms. The predicted molar refractivity (Wildman–Crippen MR) is 118 cm³/mol. The summed E-state index contributed by atoms with van der Waals surface area (Å²) in [6.07, 6.45) is 10.3. The van der Waals surface area contributed by atoms with Crippen LogP contribution in [-0.4, -0.2) is 49.1 Å². The first-order valence-corrected chi connectivity index (χ1v) is 10.8. The minimum atomic E-state index is 0.715. The summed E-state index contributed by atoms with van der Waals surface area (Å²) in [4.78, 5) is 17.1. The van der Waals surface area contributed by atoms with E-state index in [-0.39, 0.29) is 0 Å². The Bertz CT molecular complexity index is 753. The predicted octanol–water partition coefficient (Wildman–Crippen LogP) is 4.83. The summed E-state index contributed by atoms with van der Waals surface area (Å²) in [6.45, 7) is 10.2. The van der Waals surface area contributed by atoms with Gasteiger partial charge in [-0.05, 0) is 61.9 Å². The Morgan fingerprint density at radius 1 is 1.30 bits per heavy atom. The minimum absolute atomic E-state index is 0.715. The molecule has 0 amide bonds. The number of rotatable bonds is 8. The van der Waals surface area contributed by atoms with E-state index < -0.39 is 0 Å². The molecular weight excluding hydrogens is 352 g/mol. The monoisotopic (exact) mass is 380 g/mol. The summed E-state index contributed by atoms with van der Waals surface area (Å²) in [7, 11) is 0. The first-order chi connectivity index (χ1) is 13.2. The van der Waals surface area contributed by atoms with Crippen molar-refractivity contribution in [3.63, 3.8) is 0 Å². The fraction of sp³-hybridized carbons (Fsp3) is 0.409. The van der Waals surface area contributed by atoms with Crippen LogP contribution in [0.3, 0.4) is 0 Å². The quantitative estimate of drug-likeness (QED) is 0.368. The van der Waals surface area contributed by atoms with E-state index in [0.29, 0.717) is 6.54 Å². The highest BCUT2D eigenvalue weighted by atomic mass is 32.2. The van der Waals surface area contributed by atoms with Gasteiger partial charge in [0.05, 0.1) is 12.3 Å². The number of likely N-dealkylation sites (tertiary alicyclic amines) is 1. The van der Waals surface area contributed by atoms with Crippen LogP contribution in [-0.2, 0) is 0 Å². The van der Waals surface area contributed by atoms with Gasteiger partial charge in [0.1, 0.15) is 11.7 Å². The third kappa shape index (κ3) is 5.19. The van der Waals surface area contributed by atoms with Crippen molar-refractivity contribution in [1.82, 2.24) is 4.90 Å². The highest BCUT2D eigenvalue weighted by Crippen LogP contribution is 2.25. The summed E-state index contributed by atoms with van der Waals surface area (Å²) >= 11 is 1.76. The Hall–Kier alpha value is -2.14. The molecule has 1 aromatic carbocycles. The Balaban J connectivity index is 1.47. The minimum Gasteiger partial charge on any atom is -0.357 e. The number of hydrogen-bond donors (Lipinski definition) is 0. The van der Waals surface area contributed by atoms with Gasteiger partial charge in [-0.1, -0.05) is 24.8 Å². The molecular formula is C22H28N4S. The van der Waals surface area contributed by atoms with E-state index in [2.05, 4.69) is 58.7 Å². The standard InChI is InChI=1S/C22H28N4S/c1-4-5-22(23-2)26-14-12-17(13-15-26)6-11-21-24-16-20(25-21)18-7-9-19(27-3)10-8-18/h4-5,7-10,17H,1-2,6,11-16H2,3H3/b22-5+. The molecule has 142 valence electrons. The van der Waals surface area contributed by atoms with Gasteiger partial charge < -0.3 is 4.90 Å². The Labute approximate surface area is 166 Å². The van der Waals surface area contributed by atoms with E-state index in [1.807, 2.05) is 6.08 Å². The van der Waals surface area contributed by atoms with Crippen molar-refractivity contribution in [3.8, 4) is 0 Å². The second-order valence-electron chi connectivity index (χ2n) is 6.91. The molecule has 1 aromatic rings. The van der Waals surface area contributed by atoms with Crippen LogP contribution in [0.1, 0.15) is 31.2 Å². The third-order valence-corrected chi connectivity index (χ3v) is 5.99. The number of aliphatic imine (C=N–C) groups is 3. The van der Waals surface area contributed by atoms with Crippen LogP contribution in [0, 0.1) is 5.92 Å². The average Bonchev–Trinajstić information content (AvgIpc) is 3.20. The average molecular weight is 381 g/mol. The van der Waals surface area contributed by atoms with Crippen molar-refractivity contribution in [2.45, 2.75) is 30.6 Å². The Kier molecular flexibility index (Phi) is 7.04. The van der Waals surface area contributed by atoms with Gasteiger partial charge in [-0.3, -0.25) is 4.99 Å². The summed E-state index contributed by atoms with van der Waals surface area (Å²) in [5, 5.41) is 0. The fourth-order valence-corrected chi connectivity index (χ4v) is 4.02. The summed E-state index contributed by atoms with van der Waals surface area (Å²) < 4.78 is 0. The van der Waals surface area contributed by atoms with Crippen LogP contribution in [0.2, 0.25) is 0 Å². The molecule has 1 fully saturated rings. The van der Waals surface area contributed by atoms with E-state index in [4.69, 9.17) is 4.99 Å². The van der Waals surface area contributed by atoms with Crippen molar-refractivity contribution in [1.29, 1.82) is 0 Å². The largest absolute Gasteiger partial charge is 0.357 e. The molecule has 0 atom stereocenters. The van der Waals surface area contributed by atoms with Crippen LogP contribution in [0.4, 0.5) is 0 Å². The van der Waals surface area contributed by atoms with E-state index in [1.165, 1.54) is 23.3 Å². The molecule has 0 unspecified atom stereocenters. The smallest absolute Gasteiger partial charge is 0.127 e. The second-order valence-corrected chi connectivity index (χ2v) is 7.79. The molecule has 0 saturated carbocycles. The first-order valence-electron chi connectivity index (χ1n) is 9.53. The number of piperidine rings is 1. The zero-order valence-electron chi connectivity index (χ0n) is 16.1. The number of amidine groups is 1. The first kappa shape index (κ1) is 19.6. The zero-order valence-corrected chi connectivity index (χ0v) is 16.9. The van der Waals surface area contributed by atoms with Gasteiger partial charge in [0.25, 0.3) is 0 Å². The maximum atomic E-state index is 4.78. The Morgan fingerprint density at radius 3 is 2.67 bits per heavy atom. The lowest BCUT2D eigenvalue weighted by Gasteiger charge is -2.33. The Morgan fingerprint density at radius 2 is 2.04 bits per heavy atom. The van der Waals surface area contributed by atoms with Gasteiger partial charge in [-0.2, -0.15) is 0 Å². The van der Waals surface area contributed by atoms with Crippen LogP contribution >= 0.6 is 11.8 Å². The van der Waals surface area contributed by atoms with Gasteiger partial charge in [0.2, 0.25) is 0 Å². The highest BCUT2D eigenvalue weighted by Gasteiger charge is 2.21. The van der Waals surface area contributed by atoms with Crippen molar-refractivity contribution in [2.24, 2.45) is 20.9 Å². The topological polar surface area (TPSA) is 40.3 Å². The van der Waals surface area contributed by atoms with Crippen molar-refractivity contribution in [2.75, 3.05) is 25.9 Å². The van der Waals surface area contributed by atoms with E-state index in [1.54, 1.807) is 17.8 Å². The van der Waals surface area contributed by atoms with Crippen molar-refractivity contribution >= 4 is 30.0 Å². The molecule has 0 bridgehead atoms. The van der Waals surface area contributed by atoms with E-state index in [0.717, 1.165) is 49.2 Å². The summed E-state index contributed by atoms with van der Waals surface area (Å²) in [5.41, 5.74) is 2.29. The van der Waals surface area contributed by atoms with Crippen molar-refractivity contribution in [3.05, 3.63) is 54.4 Å². The van der Waals surface area contributed by atoms with Crippen molar-refractivity contribution < 1.29 is 0 Å². The van der Waals surface area contributed by atoms with E-state index in [9.17, 15) is 0 Å². The van der Waals surface area contributed by atoms with Gasteiger partial charge >= 0.3 is 0 Å². The highest BCUT2D eigenvalue weighted by molar-refractivity contribution is 7.98. The molecule has 2 heterocycles. The molecule has 0 spiro atoms. The number of allylic oxidation sites excluding steroid dienone is 2. The lowest BCUT2D eigenvalue weighted by atomic mass is 9.92. The lowest BCUT2D eigenvalue weighted by Crippen LogP contribution is -2.32. The van der Waals surface area contributed by atoms with Gasteiger partial charge in [0.15, 0.2) is 0 Å². The third-order valence-electron chi connectivity index (χ3n) is 5.24. The molecule has 0 aromatic heterocycles. The normalized spacial score (nSPS) is 18.3. The maximum Gasteiger partial charge on any atom is 0.127 e. The number of benzene rings is 1. The number of hydrogen-bond acceptors (Lipinski definition) is 5. The molecule has 4 nitrogen and oxygen atoms in total. The molecule has 2 aliphatic rings. The van der Waals surface area contributed by atoms with Crippen LogP contribution in [0.5, 0.6) is 0 Å². The summed E-state index contributed by atoms with van der Waals surface area (Å²) in [6, 6.07) is 8.62. The summed E-state index contributed by atoms with van der Waals surface area (Å²) in [5.74, 6) is 2.69. The molecule has 1 saturated heterocycles. The lowest BCUT2D eigenvalue weighted by molar-refractivity contribution is 0.219. The van der Waals surface area contributed by atoms with Crippen LogP contribution < -0.4 is 0 Å². The maximum absolute atomic E-state index is 4.78. The molecule has 3 rings (SSSR count). The molecule has 0 aliphatic carbocycles. The number of thioether (sulfide) groups is 1. The van der Waals surface area contributed by atoms with Crippen LogP contribution in [0.15, 0.2) is 68.7 Å². The molecule has 0 N–H and O–H groups in total. The molecule has 0 radical (unpaired) electrons. The fourth-order valence-electron chi connectivity index (χ4n) is 3.61. The van der Waals surface area contributed by atoms with Gasteiger partial charge in [-0.25, -0.2) is 9.98 Å². The second kappa shape index (κ2) is 9.70. The van der Waals surface area contributed by atoms with Crippen LogP contribution in [0.25, 0.3) is 0 Å². The van der Waals surface area contributed by atoms with Gasteiger partial charge in [0, 0.05) is 24.4 Å². The van der Waals surface area contributed by atoms with E-state index >= 15 is 0 Å². The SMILES string of the molecule is C=C/C=C(\N=C)N1CCC(CCC2=NCC(c3ccc(SC)cc3)=N2)CC1.